The second kappa shape index (κ2) is 9.31. The Morgan fingerprint density at radius 2 is 1.85 bits per heavy atom. The van der Waals surface area contributed by atoms with Gasteiger partial charge in [0.25, 0.3) is 5.91 Å². The van der Waals surface area contributed by atoms with E-state index in [0.29, 0.717) is 17.1 Å². The van der Waals surface area contributed by atoms with Crippen LogP contribution >= 0.6 is 12.1 Å². The minimum atomic E-state index is -0.917. The quantitative estimate of drug-likeness (QED) is 0.464. The SMILES string of the molecule is CN(C)SNC(=O)c1ccc2c(C3CCCCC3)c3n(c2c1)CC(C(=O)O)=Cc1ccccc1-3. The van der Waals surface area contributed by atoms with Gasteiger partial charge in [0.15, 0.2) is 0 Å². The van der Waals surface area contributed by atoms with Crippen molar-refractivity contribution in [3.63, 3.8) is 0 Å². The summed E-state index contributed by atoms with van der Waals surface area (Å²) in [7, 11) is 3.74. The molecule has 1 aliphatic heterocycles. The Kier molecular flexibility index (Phi) is 6.23. The van der Waals surface area contributed by atoms with Crippen LogP contribution in [-0.4, -0.2) is 40.0 Å². The zero-order valence-electron chi connectivity index (χ0n) is 19.5. The summed E-state index contributed by atoms with van der Waals surface area (Å²) in [4.78, 5) is 25.0. The van der Waals surface area contributed by atoms with Crippen molar-refractivity contribution in [2.45, 2.75) is 44.6 Å². The lowest BCUT2D eigenvalue weighted by Gasteiger charge is -2.24. The minimum Gasteiger partial charge on any atom is -0.478 e. The van der Waals surface area contributed by atoms with Crippen LogP contribution < -0.4 is 4.72 Å². The summed E-state index contributed by atoms with van der Waals surface area (Å²) in [6, 6.07) is 13.9. The molecule has 0 spiro atoms. The third-order valence-corrected chi connectivity index (χ3v) is 7.49. The van der Waals surface area contributed by atoms with E-state index in [1.165, 1.54) is 37.0 Å². The van der Waals surface area contributed by atoms with Crippen molar-refractivity contribution in [1.82, 2.24) is 13.6 Å². The van der Waals surface area contributed by atoms with Gasteiger partial charge in [-0.25, -0.2) is 9.10 Å². The molecule has 2 heterocycles. The summed E-state index contributed by atoms with van der Waals surface area (Å²) in [5, 5.41) is 11.1. The van der Waals surface area contributed by atoms with Crippen LogP contribution in [0.1, 0.15) is 59.5 Å². The monoisotopic (exact) mass is 475 g/mol. The molecule has 1 fully saturated rings. The molecular formula is C27H29N3O3S. The highest BCUT2D eigenvalue weighted by Crippen LogP contribution is 2.46. The predicted molar refractivity (Wildman–Crippen MR) is 138 cm³/mol. The smallest absolute Gasteiger partial charge is 0.333 e. The molecule has 1 amide bonds. The van der Waals surface area contributed by atoms with Crippen molar-refractivity contribution in [3.05, 3.63) is 64.7 Å². The van der Waals surface area contributed by atoms with E-state index < -0.39 is 5.97 Å². The molecule has 2 aromatic carbocycles. The first-order chi connectivity index (χ1) is 16.4. The van der Waals surface area contributed by atoms with E-state index in [-0.39, 0.29) is 12.5 Å². The van der Waals surface area contributed by atoms with Crippen LogP contribution in [0.3, 0.4) is 0 Å². The maximum atomic E-state index is 12.8. The van der Waals surface area contributed by atoms with E-state index in [1.807, 2.05) is 48.7 Å². The van der Waals surface area contributed by atoms with Crippen LogP contribution in [0.25, 0.3) is 28.2 Å². The molecule has 1 aromatic heterocycles. The lowest BCUT2D eigenvalue weighted by Crippen LogP contribution is -2.20. The molecule has 5 rings (SSSR count). The highest BCUT2D eigenvalue weighted by atomic mass is 32.2. The van der Waals surface area contributed by atoms with Crippen molar-refractivity contribution in [2.24, 2.45) is 0 Å². The number of hydrogen-bond donors (Lipinski definition) is 2. The summed E-state index contributed by atoms with van der Waals surface area (Å²) in [5.41, 5.74) is 6.22. The van der Waals surface area contributed by atoms with Crippen LogP contribution in [0, 0.1) is 0 Å². The number of nitrogens with zero attached hydrogens (tertiary/aromatic N) is 2. The third kappa shape index (κ3) is 4.14. The number of fused-ring (bicyclic) bond motifs is 5. The molecule has 0 bridgehead atoms. The zero-order chi connectivity index (χ0) is 23.8. The summed E-state index contributed by atoms with van der Waals surface area (Å²) in [6.45, 7) is 0.264. The van der Waals surface area contributed by atoms with Gasteiger partial charge in [0.1, 0.15) is 0 Å². The van der Waals surface area contributed by atoms with Gasteiger partial charge in [-0.15, -0.1) is 0 Å². The fraction of sp³-hybridized carbons (Fsp3) is 0.333. The van der Waals surface area contributed by atoms with Crippen LogP contribution in [-0.2, 0) is 11.3 Å². The van der Waals surface area contributed by atoms with Crippen molar-refractivity contribution < 1.29 is 14.7 Å². The van der Waals surface area contributed by atoms with Gasteiger partial charge in [-0.3, -0.25) is 9.52 Å². The Bertz CT molecular complexity index is 1300. The van der Waals surface area contributed by atoms with Gasteiger partial charge >= 0.3 is 5.97 Å². The molecule has 2 N–H and O–H groups in total. The van der Waals surface area contributed by atoms with Crippen molar-refractivity contribution in [3.8, 4) is 11.3 Å². The van der Waals surface area contributed by atoms with E-state index in [0.717, 1.165) is 40.6 Å². The van der Waals surface area contributed by atoms with Crippen LogP contribution in [0.15, 0.2) is 48.0 Å². The van der Waals surface area contributed by atoms with Crippen molar-refractivity contribution in [1.29, 1.82) is 0 Å². The number of carbonyl (C=O) groups excluding carboxylic acids is 1. The van der Waals surface area contributed by atoms with Gasteiger partial charge in [0.05, 0.1) is 17.8 Å². The number of aromatic nitrogens is 1. The lowest BCUT2D eigenvalue weighted by atomic mass is 9.81. The molecule has 3 aromatic rings. The number of rotatable bonds is 5. The fourth-order valence-corrected chi connectivity index (χ4v) is 5.72. The van der Waals surface area contributed by atoms with Gasteiger partial charge in [-0.1, -0.05) is 49.6 Å². The summed E-state index contributed by atoms with van der Waals surface area (Å²) >= 11 is 1.23. The largest absolute Gasteiger partial charge is 0.478 e. The maximum absolute atomic E-state index is 12.8. The van der Waals surface area contributed by atoms with Gasteiger partial charge in [-0.2, -0.15) is 0 Å². The van der Waals surface area contributed by atoms with E-state index in [1.54, 1.807) is 6.08 Å². The summed E-state index contributed by atoms with van der Waals surface area (Å²) in [6.07, 6.45) is 7.74. The van der Waals surface area contributed by atoms with Crippen molar-refractivity contribution in [2.75, 3.05) is 14.1 Å². The van der Waals surface area contributed by atoms with E-state index in [2.05, 4.69) is 21.4 Å². The number of benzene rings is 2. The molecule has 1 aliphatic carbocycles. The molecule has 0 radical (unpaired) electrons. The number of carboxylic acids is 1. The predicted octanol–water partition coefficient (Wildman–Crippen LogP) is 5.69. The maximum Gasteiger partial charge on any atom is 0.333 e. The average Bonchev–Trinajstić information content (AvgIpc) is 3.05. The normalized spacial score (nSPS) is 16.0. The highest BCUT2D eigenvalue weighted by molar-refractivity contribution is 7.95. The van der Waals surface area contributed by atoms with Crippen molar-refractivity contribution >= 4 is 41.0 Å². The Hall–Kier alpha value is -3.03. The number of hydrogen-bond acceptors (Lipinski definition) is 4. The van der Waals surface area contributed by atoms with Gasteiger partial charge < -0.3 is 9.67 Å². The number of nitrogens with one attached hydrogen (secondary N) is 1. The molecule has 0 atom stereocenters. The average molecular weight is 476 g/mol. The third-order valence-electron chi connectivity index (χ3n) is 6.85. The van der Waals surface area contributed by atoms with E-state index in [4.69, 9.17) is 0 Å². The first-order valence-electron chi connectivity index (χ1n) is 11.8. The second-order valence-electron chi connectivity index (χ2n) is 9.31. The number of carboxylic acid groups (broad SMARTS) is 1. The molecule has 7 heteroatoms. The molecular weight excluding hydrogens is 446 g/mol. The number of amides is 1. The molecule has 0 saturated heterocycles. The molecule has 1 saturated carbocycles. The molecule has 6 nitrogen and oxygen atoms in total. The van der Waals surface area contributed by atoms with E-state index >= 15 is 0 Å². The standard InChI is InChI=1S/C27H29N3O3S/c1-29(2)34-28-26(31)19-12-13-22-23(15-19)30-16-20(27(32)33)14-18-10-6-7-11-21(18)25(30)24(22)17-8-4-3-5-9-17/h6-7,10-15,17H,3-5,8-9,16H2,1-2H3,(H,28,31)(H,32,33). The Morgan fingerprint density at radius 1 is 1.09 bits per heavy atom. The van der Waals surface area contributed by atoms with Crippen LogP contribution in [0.2, 0.25) is 0 Å². The topological polar surface area (TPSA) is 74.6 Å². The number of carbonyl (C=O) groups is 2. The highest BCUT2D eigenvalue weighted by Gasteiger charge is 2.30. The zero-order valence-corrected chi connectivity index (χ0v) is 20.3. The number of aliphatic carboxylic acids is 1. The van der Waals surface area contributed by atoms with Crippen LogP contribution in [0.4, 0.5) is 0 Å². The Labute approximate surface area is 203 Å². The molecule has 176 valence electrons. The Balaban J connectivity index is 1.75. The first kappa shape index (κ1) is 22.7. The second-order valence-corrected chi connectivity index (χ2v) is 10.4. The van der Waals surface area contributed by atoms with Gasteiger partial charge in [-0.05, 0) is 62.2 Å². The minimum absolute atomic E-state index is 0.168. The summed E-state index contributed by atoms with van der Waals surface area (Å²) < 4.78 is 6.80. The van der Waals surface area contributed by atoms with Gasteiger partial charge in [0.2, 0.25) is 0 Å². The first-order valence-corrected chi connectivity index (χ1v) is 12.6. The Morgan fingerprint density at radius 3 is 2.59 bits per heavy atom. The fourth-order valence-electron chi connectivity index (χ4n) is 5.34. The molecule has 2 aliphatic rings. The summed E-state index contributed by atoms with van der Waals surface area (Å²) in [5.74, 6) is -0.658. The van der Waals surface area contributed by atoms with E-state index in [9.17, 15) is 14.7 Å². The molecule has 0 unspecified atom stereocenters. The molecule has 34 heavy (non-hydrogen) atoms. The van der Waals surface area contributed by atoms with Gasteiger partial charge in [0, 0.05) is 34.2 Å². The lowest BCUT2D eigenvalue weighted by molar-refractivity contribution is -0.132. The van der Waals surface area contributed by atoms with Crippen LogP contribution in [0.5, 0.6) is 0 Å².